The fraction of sp³-hybridized carbons (Fsp3) is 0.444. The lowest BCUT2D eigenvalue weighted by Crippen LogP contribution is -2.39. The van der Waals surface area contributed by atoms with Gasteiger partial charge in [0.2, 0.25) is 5.95 Å². The predicted octanol–water partition coefficient (Wildman–Crippen LogP) is 1.54. The zero-order valence-corrected chi connectivity index (χ0v) is 15.9. The molecule has 8 heteroatoms. The molecule has 0 saturated heterocycles. The molecule has 0 aliphatic heterocycles. The van der Waals surface area contributed by atoms with Gasteiger partial charge in [-0.3, -0.25) is 13.9 Å². The number of nitrogens with zero attached hydrogens (tertiary/aromatic N) is 6. The van der Waals surface area contributed by atoms with Gasteiger partial charge in [-0.25, -0.2) is 9.48 Å². The van der Waals surface area contributed by atoms with Crippen LogP contribution in [0.2, 0.25) is 0 Å². The monoisotopic (exact) mass is 356 g/mol. The van der Waals surface area contributed by atoms with Gasteiger partial charge in [0.15, 0.2) is 11.2 Å². The summed E-state index contributed by atoms with van der Waals surface area (Å²) < 4.78 is 6.17. The lowest BCUT2D eigenvalue weighted by molar-refractivity contribution is 0.516. The molecule has 0 atom stereocenters. The summed E-state index contributed by atoms with van der Waals surface area (Å²) in [6, 6.07) is 1.95. The minimum atomic E-state index is -0.406. The van der Waals surface area contributed by atoms with Crippen molar-refractivity contribution in [3.63, 3.8) is 0 Å². The molecule has 3 aromatic heterocycles. The topological polar surface area (TPSA) is 79.6 Å². The maximum Gasteiger partial charge on any atom is 0.332 e. The summed E-state index contributed by atoms with van der Waals surface area (Å²) in [5.41, 5.74) is 1.79. The molecular weight excluding hydrogens is 332 g/mol. The number of imidazole rings is 1. The Kier molecular flexibility index (Phi) is 4.43. The van der Waals surface area contributed by atoms with E-state index in [-0.39, 0.29) is 18.0 Å². The first-order chi connectivity index (χ1) is 12.3. The molecule has 0 saturated carbocycles. The second-order valence-corrected chi connectivity index (χ2v) is 6.97. The zero-order chi connectivity index (χ0) is 19.2. The van der Waals surface area contributed by atoms with Gasteiger partial charge in [-0.2, -0.15) is 10.1 Å². The molecule has 26 heavy (non-hydrogen) atoms. The van der Waals surface area contributed by atoms with E-state index in [9.17, 15) is 9.59 Å². The molecule has 0 unspecified atom stereocenters. The van der Waals surface area contributed by atoms with Crippen LogP contribution in [-0.2, 0) is 20.1 Å². The Labute approximate surface area is 151 Å². The van der Waals surface area contributed by atoms with Crippen molar-refractivity contribution in [1.82, 2.24) is 28.5 Å². The lowest BCUT2D eigenvalue weighted by atomic mass is 10.2. The van der Waals surface area contributed by atoms with Crippen LogP contribution in [-0.4, -0.2) is 28.5 Å². The molecule has 3 aromatic rings. The molecule has 0 aliphatic carbocycles. The van der Waals surface area contributed by atoms with Crippen molar-refractivity contribution in [2.24, 2.45) is 13.0 Å². The first-order valence-electron chi connectivity index (χ1n) is 8.60. The fourth-order valence-corrected chi connectivity index (χ4v) is 3.18. The third-order valence-corrected chi connectivity index (χ3v) is 4.27. The van der Waals surface area contributed by atoms with Crippen molar-refractivity contribution in [1.29, 1.82) is 0 Å². The van der Waals surface area contributed by atoms with Crippen LogP contribution in [0.15, 0.2) is 28.3 Å². The van der Waals surface area contributed by atoms with Crippen LogP contribution in [0.1, 0.15) is 25.2 Å². The van der Waals surface area contributed by atoms with Crippen molar-refractivity contribution in [2.75, 3.05) is 0 Å². The average molecular weight is 356 g/mol. The Bertz CT molecular complexity index is 1110. The molecule has 0 N–H and O–H groups in total. The van der Waals surface area contributed by atoms with Crippen molar-refractivity contribution in [2.45, 2.75) is 40.8 Å². The maximum atomic E-state index is 13.0. The molecule has 3 rings (SSSR count). The molecule has 0 spiro atoms. The highest BCUT2D eigenvalue weighted by Gasteiger charge is 2.22. The second-order valence-electron chi connectivity index (χ2n) is 6.97. The van der Waals surface area contributed by atoms with Gasteiger partial charge in [0, 0.05) is 25.8 Å². The van der Waals surface area contributed by atoms with E-state index in [1.54, 1.807) is 17.8 Å². The van der Waals surface area contributed by atoms with Crippen LogP contribution in [0, 0.1) is 19.8 Å². The van der Waals surface area contributed by atoms with Gasteiger partial charge in [0.05, 0.1) is 5.69 Å². The molecule has 0 bridgehead atoms. The van der Waals surface area contributed by atoms with E-state index in [0.717, 1.165) is 11.4 Å². The Morgan fingerprint density at radius 1 is 1.23 bits per heavy atom. The minimum absolute atomic E-state index is 0.156. The Morgan fingerprint density at radius 2 is 1.92 bits per heavy atom. The highest BCUT2D eigenvalue weighted by molar-refractivity contribution is 5.72. The lowest BCUT2D eigenvalue weighted by Gasteiger charge is -2.12. The summed E-state index contributed by atoms with van der Waals surface area (Å²) in [5, 5.41) is 4.51. The predicted molar refractivity (Wildman–Crippen MR) is 101 cm³/mol. The number of fused-ring (bicyclic) bond motifs is 1. The summed E-state index contributed by atoms with van der Waals surface area (Å²) in [6.07, 6.45) is 1.54. The van der Waals surface area contributed by atoms with E-state index in [2.05, 4.69) is 30.5 Å². The van der Waals surface area contributed by atoms with Gasteiger partial charge in [0.25, 0.3) is 5.56 Å². The molecule has 0 aromatic carbocycles. The SMILES string of the molecule is C=CCn1c(=O)c2c(nc(-n3nc(C)cc3C)n2CC(C)C)n(C)c1=O. The Morgan fingerprint density at radius 3 is 2.46 bits per heavy atom. The summed E-state index contributed by atoms with van der Waals surface area (Å²) in [6.45, 7) is 12.4. The van der Waals surface area contributed by atoms with Gasteiger partial charge < -0.3 is 4.57 Å². The third kappa shape index (κ3) is 2.71. The molecule has 0 radical (unpaired) electrons. The minimum Gasteiger partial charge on any atom is -0.302 e. The van der Waals surface area contributed by atoms with Crippen LogP contribution in [0.3, 0.4) is 0 Å². The van der Waals surface area contributed by atoms with Gasteiger partial charge in [-0.1, -0.05) is 19.9 Å². The van der Waals surface area contributed by atoms with Crippen molar-refractivity contribution in [3.05, 3.63) is 50.9 Å². The van der Waals surface area contributed by atoms with Gasteiger partial charge in [-0.05, 0) is 25.8 Å². The summed E-state index contributed by atoms with van der Waals surface area (Å²) in [4.78, 5) is 30.2. The van der Waals surface area contributed by atoms with E-state index in [1.807, 2.05) is 24.5 Å². The molecule has 0 amide bonds. The van der Waals surface area contributed by atoms with Crippen molar-refractivity contribution < 1.29 is 0 Å². The molecular formula is C18H24N6O2. The van der Waals surface area contributed by atoms with Crippen LogP contribution >= 0.6 is 0 Å². The number of aromatic nitrogens is 6. The summed E-state index contributed by atoms with van der Waals surface area (Å²) in [7, 11) is 1.63. The Balaban J connectivity index is 2.47. The second kappa shape index (κ2) is 6.44. The first-order valence-corrected chi connectivity index (χ1v) is 8.60. The number of hydrogen-bond acceptors (Lipinski definition) is 4. The van der Waals surface area contributed by atoms with Crippen LogP contribution in [0.4, 0.5) is 0 Å². The molecule has 138 valence electrons. The van der Waals surface area contributed by atoms with Crippen molar-refractivity contribution in [3.8, 4) is 5.95 Å². The first kappa shape index (κ1) is 17.9. The van der Waals surface area contributed by atoms with Gasteiger partial charge in [-0.15, -0.1) is 6.58 Å². The van der Waals surface area contributed by atoms with Crippen LogP contribution in [0.5, 0.6) is 0 Å². The van der Waals surface area contributed by atoms with E-state index >= 15 is 0 Å². The molecule has 0 fully saturated rings. The summed E-state index contributed by atoms with van der Waals surface area (Å²) in [5.74, 6) is 0.829. The third-order valence-electron chi connectivity index (χ3n) is 4.27. The quantitative estimate of drug-likeness (QED) is 0.650. The summed E-state index contributed by atoms with van der Waals surface area (Å²) >= 11 is 0. The van der Waals surface area contributed by atoms with Crippen molar-refractivity contribution >= 4 is 11.2 Å². The van der Waals surface area contributed by atoms with E-state index in [4.69, 9.17) is 0 Å². The highest BCUT2D eigenvalue weighted by atomic mass is 16.2. The van der Waals surface area contributed by atoms with Crippen LogP contribution in [0.25, 0.3) is 17.1 Å². The molecule has 0 aliphatic rings. The zero-order valence-electron chi connectivity index (χ0n) is 15.9. The number of hydrogen-bond donors (Lipinski definition) is 0. The maximum absolute atomic E-state index is 13.0. The largest absolute Gasteiger partial charge is 0.332 e. The van der Waals surface area contributed by atoms with Gasteiger partial charge >= 0.3 is 5.69 Å². The smallest absolute Gasteiger partial charge is 0.302 e. The number of aryl methyl sites for hydroxylation is 3. The van der Waals surface area contributed by atoms with E-state index < -0.39 is 5.69 Å². The average Bonchev–Trinajstić information content (AvgIpc) is 3.09. The highest BCUT2D eigenvalue weighted by Crippen LogP contribution is 2.18. The number of allylic oxidation sites excluding steroid dienone is 1. The Hall–Kier alpha value is -2.90. The molecule has 3 heterocycles. The van der Waals surface area contributed by atoms with Gasteiger partial charge in [0.1, 0.15) is 0 Å². The van der Waals surface area contributed by atoms with E-state index in [1.165, 1.54) is 9.13 Å². The number of rotatable bonds is 5. The fourth-order valence-electron chi connectivity index (χ4n) is 3.18. The normalized spacial score (nSPS) is 11.6. The van der Waals surface area contributed by atoms with Crippen LogP contribution < -0.4 is 11.2 Å². The van der Waals surface area contributed by atoms with E-state index in [0.29, 0.717) is 23.7 Å². The molecule has 8 nitrogen and oxygen atoms in total. The standard InChI is InChI=1S/C18H24N6O2/c1-7-8-22-16(25)14-15(21(6)18(22)26)19-17(23(14)10-11(2)3)24-13(5)9-12(4)20-24/h7,9,11H,1,8,10H2,2-6H3.